The molecule has 6 heteroatoms. The van der Waals surface area contributed by atoms with Crippen molar-refractivity contribution in [3.05, 3.63) is 0 Å². The molecule has 6 nitrogen and oxygen atoms in total. The third-order valence-corrected chi connectivity index (χ3v) is 4.34. The smallest absolute Gasteiger partial charge is 0.317 e. The highest BCUT2D eigenvalue weighted by molar-refractivity contribution is 5.97. The number of cyclic esters (lactones) is 2. The molecule has 2 fully saturated rings. The van der Waals surface area contributed by atoms with E-state index in [9.17, 15) is 19.2 Å². The summed E-state index contributed by atoms with van der Waals surface area (Å²) in [5.74, 6) is -3.64. The van der Waals surface area contributed by atoms with Crippen LogP contribution in [0.25, 0.3) is 0 Å². The molecule has 1 aliphatic heterocycles. The maximum absolute atomic E-state index is 11.8. The van der Waals surface area contributed by atoms with Crippen LogP contribution < -0.4 is 0 Å². The Morgan fingerprint density at radius 1 is 1.32 bits per heavy atom. The van der Waals surface area contributed by atoms with E-state index in [1.165, 1.54) is 0 Å². The van der Waals surface area contributed by atoms with E-state index in [1.54, 1.807) is 6.92 Å². The van der Waals surface area contributed by atoms with Crippen molar-refractivity contribution >= 4 is 24.4 Å². The van der Waals surface area contributed by atoms with Gasteiger partial charge < -0.3 is 9.47 Å². The summed E-state index contributed by atoms with van der Waals surface area (Å²) in [7, 11) is 0. The van der Waals surface area contributed by atoms with Gasteiger partial charge in [0.25, 0.3) is 0 Å². The van der Waals surface area contributed by atoms with Crippen molar-refractivity contribution in [1.29, 1.82) is 0 Å². The second-order valence-electron chi connectivity index (χ2n) is 5.33. The number of rotatable bonds is 3. The molecule has 1 heterocycles. The van der Waals surface area contributed by atoms with Crippen molar-refractivity contribution in [2.45, 2.75) is 26.7 Å². The van der Waals surface area contributed by atoms with Crippen LogP contribution in [-0.4, -0.2) is 24.4 Å². The molecule has 0 aromatic heterocycles. The second-order valence-corrected chi connectivity index (χ2v) is 5.33. The SMILES string of the molecule is CC1CCC(C(C)C(=O)OC=O)C2C(=O)OC(=O)C12. The molecule has 0 aromatic carbocycles. The maximum Gasteiger partial charge on any atom is 0.317 e. The van der Waals surface area contributed by atoms with Crippen molar-refractivity contribution in [1.82, 2.24) is 0 Å². The molecule has 2 rings (SSSR count). The molecule has 5 atom stereocenters. The van der Waals surface area contributed by atoms with Gasteiger partial charge in [-0.1, -0.05) is 13.8 Å². The first kappa shape index (κ1) is 13.7. The van der Waals surface area contributed by atoms with Crippen LogP contribution in [0.5, 0.6) is 0 Å². The maximum atomic E-state index is 11.8. The predicted molar refractivity (Wildman–Crippen MR) is 61.3 cm³/mol. The molecule has 1 saturated heterocycles. The lowest BCUT2D eigenvalue weighted by atomic mass is 9.64. The van der Waals surface area contributed by atoms with Crippen molar-refractivity contribution in [2.24, 2.45) is 29.6 Å². The summed E-state index contributed by atoms with van der Waals surface area (Å²) in [5, 5.41) is 0. The van der Waals surface area contributed by atoms with Crippen molar-refractivity contribution in [2.75, 3.05) is 0 Å². The topological polar surface area (TPSA) is 86.7 Å². The van der Waals surface area contributed by atoms with E-state index in [4.69, 9.17) is 4.74 Å². The van der Waals surface area contributed by atoms with Gasteiger partial charge in [-0.25, -0.2) is 0 Å². The molecular formula is C13H16O6. The molecule has 2 aliphatic rings. The summed E-state index contributed by atoms with van der Waals surface area (Å²) in [6.07, 6.45) is 1.38. The van der Waals surface area contributed by atoms with Crippen LogP contribution >= 0.6 is 0 Å². The van der Waals surface area contributed by atoms with E-state index in [2.05, 4.69) is 4.74 Å². The molecule has 0 amide bonds. The second kappa shape index (κ2) is 5.11. The first-order chi connectivity index (χ1) is 8.97. The number of carbonyl (C=O) groups is 4. The molecule has 0 bridgehead atoms. The van der Waals surface area contributed by atoms with E-state index < -0.39 is 35.7 Å². The van der Waals surface area contributed by atoms with Crippen LogP contribution in [-0.2, 0) is 28.7 Å². The van der Waals surface area contributed by atoms with Gasteiger partial charge in [-0.2, -0.15) is 0 Å². The highest BCUT2D eigenvalue weighted by Gasteiger charge is 2.55. The Morgan fingerprint density at radius 3 is 2.58 bits per heavy atom. The lowest BCUT2D eigenvalue weighted by Gasteiger charge is -2.35. The van der Waals surface area contributed by atoms with Gasteiger partial charge in [0.1, 0.15) is 0 Å². The van der Waals surface area contributed by atoms with E-state index in [0.717, 1.165) is 6.42 Å². The number of carbonyl (C=O) groups excluding carboxylic acids is 4. The van der Waals surface area contributed by atoms with Gasteiger partial charge in [0, 0.05) is 0 Å². The van der Waals surface area contributed by atoms with Gasteiger partial charge in [0.05, 0.1) is 17.8 Å². The predicted octanol–water partition coefficient (Wildman–Crippen LogP) is 0.684. The largest absolute Gasteiger partial charge is 0.395 e. The molecule has 0 N–H and O–H groups in total. The van der Waals surface area contributed by atoms with Gasteiger partial charge in [-0.05, 0) is 24.7 Å². The zero-order valence-corrected chi connectivity index (χ0v) is 10.8. The number of hydrogen-bond donors (Lipinski definition) is 0. The monoisotopic (exact) mass is 268 g/mol. The average molecular weight is 268 g/mol. The van der Waals surface area contributed by atoms with Crippen LogP contribution in [0.2, 0.25) is 0 Å². The number of fused-ring (bicyclic) bond motifs is 1. The molecule has 19 heavy (non-hydrogen) atoms. The molecule has 5 unspecified atom stereocenters. The zero-order valence-electron chi connectivity index (χ0n) is 10.8. The summed E-state index contributed by atoms with van der Waals surface area (Å²) < 4.78 is 9.04. The van der Waals surface area contributed by atoms with Gasteiger partial charge >= 0.3 is 24.4 Å². The molecule has 0 radical (unpaired) electrons. The van der Waals surface area contributed by atoms with E-state index in [1.807, 2.05) is 6.92 Å². The highest BCUT2D eigenvalue weighted by Crippen LogP contribution is 2.46. The van der Waals surface area contributed by atoms with Gasteiger partial charge in [-0.3, -0.25) is 19.2 Å². The highest BCUT2D eigenvalue weighted by atomic mass is 16.6. The van der Waals surface area contributed by atoms with Crippen LogP contribution in [0, 0.1) is 29.6 Å². The Bertz CT molecular complexity index is 429. The minimum absolute atomic E-state index is 0.0643. The summed E-state index contributed by atoms with van der Waals surface area (Å²) >= 11 is 0. The Morgan fingerprint density at radius 2 is 1.95 bits per heavy atom. The Kier molecular flexibility index (Phi) is 3.68. The van der Waals surface area contributed by atoms with Gasteiger partial charge in [0.2, 0.25) is 0 Å². The minimum atomic E-state index is -0.666. The van der Waals surface area contributed by atoms with Crippen LogP contribution in [0.1, 0.15) is 26.7 Å². The fourth-order valence-corrected chi connectivity index (χ4v) is 3.26. The first-order valence-corrected chi connectivity index (χ1v) is 6.37. The van der Waals surface area contributed by atoms with E-state index >= 15 is 0 Å². The van der Waals surface area contributed by atoms with Crippen molar-refractivity contribution in [3.8, 4) is 0 Å². The van der Waals surface area contributed by atoms with E-state index in [-0.39, 0.29) is 18.3 Å². The fraction of sp³-hybridized carbons (Fsp3) is 0.692. The third kappa shape index (κ3) is 2.27. The number of ether oxygens (including phenoxy) is 2. The lowest BCUT2D eigenvalue weighted by Crippen LogP contribution is -2.40. The van der Waals surface area contributed by atoms with Crippen molar-refractivity contribution in [3.63, 3.8) is 0 Å². The quantitative estimate of drug-likeness (QED) is 0.425. The lowest BCUT2D eigenvalue weighted by molar-refractivity contribution is -0.158. The Balaban J connectivity index is 2.22. The summed E-state index contributed by atoms with van der Waals surface area (Å²) in [6, 6.07) is 0. The third-order valence-electron chi connectivity index (χ3n) is 4.34. The molecule has 104 valence electrons. The molecule has 0 spiro atoms. The molecule has 1 aliphatic carbocycles. The number of hydrogen-bond acceptors (Lipinski definition) is 6. The summed E-state index contributed by atoms with van der Waals surface area (Å²) in [5.41, 5.74) is 0. The zero-order chi connectivity index (χ0) is 14.2. The van der Waals surface area contributed by atoms with Gasteiger partial charge in [0.15, 0.2) is 0 Å². The van der Waals surface area contributed by atoms with E-state index in [0.29, 0.717) is 6.42 Å². The first-order valence-electron chi connectivity index (χ1n) is 6.37. The molecular weight excluding hydrogens is 252 g/mol. The summed E-state index contributed by atoms with van der Waals surface area (Å²) in [6.45, 7) is 3.60. The average Bonchev–Trinajstić information content (AvgIpc) is 2.66. The van der Waals surface area contributed by atoms with Crippen LogP contribution in [0.15, 0.2) is 0 Å². The Hall–Kier alpha value is -1.72. The van der Waals surface area contributed by atoms with Crippen molar-refractivity contribution < 1.29 is 28.7 Å². The minimum Gasteiger partial charge on any atom is -0.395 e. The normalized spacial score (nSPS) is 35.3. The van der Waals surface area contributed by atoms with Gasteiger partial charge in [-0.15, -0.1) is 0 Å². The van der Waals surface area contributed by atoms with Crippen LogP contribution in [0.3, 0.4) is 0 Å². The Labute approximate surface area is 110 Å². The molecule has 1 saturated carbocycles. The summed E-state index contributed by atoms with van der Waals surface area (Å²) in [4.78, 5) is 45.3. The van der Waals surface area contributed by atoms with Crippen LogP contribution in [0.4, 0.5) is 0 Å². The fourth-order valence-electron chi connectivity index (χ4n) is 3.26. The number of esters is 3. The standard InChI is InChI=1S/C13H16O6/c1-6-3-4-8(7(2)11(15)18-5-14)10-9(6)12(16)19-13(10)17/h5-10H,3-4H2,1-2H3. The molecule has 0 aromatic rings.